The van der Waals surface area contributed by atoms with Gasteiger partial charge in [-0.3, -0.25) is 0 Å². The lowest BCUT2D eigenvalue weighted by Gasteiger charge is -1.98. The molecular formula is C14H13ClN8O. The lowest BCUT2D eigenvalue weighted by atomic mass is 10.2. The van der Waals surface area contributed by atoms with Gasteiger partial charge in [-0.1, -0.05) is 35.0 Å². The normalized spacial score (nSPS) is 12.2. The monoisotopic (exact) mass is 344 g/mol. The Balaban J connectivity index is 1.86. The number of hydrogen-bond donors (Lipinski definition) is 1. The summed E-state index contributed by atoms with van der Waals surface area (Å²) in [6, 6.07) is 7.35. The number of nitrogens with zero attached hydrogens (tertiary/aromatic N) is 7. The highest BCUT2D eigenvalue weighted by molar-refractivity contribution is 6.33. The van der Waals surface area contributed by atoms with E-state index in [1.165, 1.54) is 4.68 Å². The van der Waals surface area contributed by atoms with E-state index in [4.69, 9.17) is 17.3 Å². The van der Waals surface area contributed by atoms with Crippen molar-refractivity contribution >= 4 is 29.3 Å². The Morgan fingerprint density at radius 3 is 2.83 bits per heavy atom. The maximum absolute atomic E-state index is 6.06. The first kappa shape index (κ1) is 15.8. The highest BCUT2D eigenvalue weighted by Crippen LogP contribution is 2.15. The lowest BCUT2D eigenvalue weighted by molar-refractivity contribution is 0.306. The summed E-state index contributed by atoms with van der Waals surface area (Å²) in [5.41, 5.74) is 8.27. The van der Waals surface area contributed by atoms with Crippen LogP contribution >= 0.6 is 11.6 Å². The maximum Gasteiger partial charge on any atom is 0.243 e. The molecule has 3 aromatic rings. The largest absolute Gasteiger partial charge is 0.378 e. The average molecular weight is 345 g/mol. The van der Waals surface area contributed by atoms with E-state index in [9.17, 15) is 0 Å². The van der Waals surface area contributed by atoms with Crippen molar-refractivity contribution in [2.75, 3.05) is 5.73 Å². The zero-order valence-corrected chi connectivity index (χ0v) is 13.6. The minimum Gasteiger partial charge on any atom is -0.378 e. The Bertz CT molecular complexity index is 927. The highest BCUT2D eigenvalue weighted by atomic mass is 35.5. The van der Waals surface area contributed by atoms with E-state index in [-0.39, 0.29) is 11.6 Å². The molecule has 0 bridgehead atoms. The molecule has 0 atom stereocenters. The third-order valence-electron chi connectivity index (χ3n) is 3.24. The van der Waals surface area contributed by atoms with Crippen molar-refractivity contribution in [1.29, 1.82) is 0 Å². The van der Waals surface area contributed by atoms with Gasteiger partial charge < -0.3 is 5.73 Å². The zero-order valence-electron chi connectivity index (χ0n) is 12.9. The molecule has 2 heterocycles. The van der Waals surface area contributed by atoms with Crippen molar-refractivity contribution in [3.8, 4) is 5.82 Å². The number of anilines is 1. The summed E-state index contributed by atoms with van der Waals surface area (Å²) >= 11 is 6.06. The van der Waals surface area contributed by atoms with Gasteiger partial charge in [0.1, 0.15) is 5.69 Å². The van der Waals surface area contributed by atoms with Crippen LogP contribution in [0.4, 0.5) is 5.82 Å². The second kappa shape index (κ2) is 6.59. The number of hydrogen-bond acceptors (Lipinski definition) is 8. The Morgan fingerprint density at radius 2 is 2.12 bits per heavy atom. The van der Waals surface area contributed by atoms with Crippen molar-refractivity contribution in [3.05, 3.63) is 46.2 Å². The minimum atomic E-state index is 0.126. The number of benzene rings is 1. The molecular weight excluding hydrogens is 332 g/mol. The average Bonchev–Trinajstić information content (AvgIpc) is 3.14. The Labute approximate surface area is 141 Å². The quantitative estimate of drug-likeness (QED) is 0.571. The molecule has 0 saturated heterocycles. The van der Waals surface area contributed by atoms with E-state index in [1.807, 2.05) is 18.2 Å². The molecule has 3 rings (SSSR count). The predicted molar refractivity (Wildman–Crippen MR) is 89.6 cm³/mol. The highest BCUT2D eigenvalue weighted by Gasteiger charge is 2.17. The van der Waals surface area contributed by atoms with Crippen LogP contribution < -0.4 is 5.73 Å². The van der Waals surface area contributed by atoms with Gasteiger partial charge in [-0.15, -0.1) is 5.10 Å². The first-order valence-electron chi connectivity index (χ1n) is 6.91. The standard InChI is InChI=1S/C14H13ClN8O/c1-8(18-17-7-10-5-3-4-6-11(10)15)12-9(2)23(22-19-12)14-13(16)20-24-21-14/h3-7H,1-2H3,(H2,16,20)/b17-7+,18-8+. The minimum absolute atomic E-state index is 0.126. The van der Waals surface area contributed by atoms with Gasteiger partial charge in [0.15, 0.2) is 0 Å². The molecule has 0 aliphatic rings. The number of halogens is 1. The van der Waals surface area contributed by atoms with Crippen LogP contribution in [0.25, 0.3) is 5.82 Å². The molecule has 0 aliphatic heterocycles. The molecule has 2 N–H and O–H groups in total. The van der Waals surface area contributed by atoms with Gasteiger partial charge in [0, 0.05) is 10.6 Å². The Kier molecular flexibility index (Phi) is 4.34. The molecule has 0 saturated carbocycles. The predicted octanol–water partition coefficient (Wildman–Crippen LogP) is 2.04. The number of nitrogens with two attached hydrogens (primary N) is 1. The smallest absolute Gasteiger partial charge is 0.243 e. The fourth-order valence-corrected chi connectivity index (χ4v) is 2.19. The second-order valence-corrected chi connectivity index (χ2v) is 5.27. The van der Waals surface area contributed by atoms with Crippen LogP contribution in [0.15, 0.2) is 39.1 Å². The molecule has 122 valence electrons. The molecule has 24 heavy (non-hydrogen) atoms. The zero-order chi connectivity index (χ0) is 17.1. The van der Waals surface area contributed by atoms with Crippen LogP contribution in [-0.4, -0.2) is 37.2 Å². The van der Waals surface area contributed by atoms with Crippen molar-refractivity contribution < 1.29 is 4.63 Å². The Morgan fingerprint density at radius 1 is 1.33 bits per heavy atom. The van der Waals surface area contributed by atoms with Crippen LogP contribution in [0.3, 0.4) is 0 Å². The lowest BCUT2D eigenvalue weighted by Crippen LogP contribution is -2.04. The SMILES string of the molecule is C/C(=N\N=C\c1ccccc1Cl)c1nnn(-c2nonc2N)c1C. The molecule has 0 unspecified atom stereocenters. The van der Waals surface area contributed by atoms with Gasteiger partial charge in [0.2, 0.25) is 11.6 Å². The fraction of sp³-hybridized carbons (Fsp3) is 0.143. The van der Waals surface area contributed by atoms with Crippen LogP contribution in [0.2, 0.25) is 5.02 Å². The number of nitrogen functional groups attached to an aromatic ring is 1. The van der Waals surface area contributed by atoms with Crippen molar-refractivity contribution in [1.82, 2.24) is 25.3 Å². The van der Waals surface area contributed by atoms with Gasteiger partial charge in [-0.25, -0.2) is 4.63 Å². The maximum atomic E-state index is 6.06. The first-order valence-corrected chi connectivity index (χ1v) is 7.29. The first-order chi connectivity index (χ1) is 11.6. The molecule has 2 aromatic heterocycles. The van der Waals surface area contributed by atoms with Gasteiger partial charge in [0.25, 0.3) is 0 Å². The molecule has 0 aliphatic carbocycles. The molecule has 1 aromatic carbocycles. The summed E-state index contributed by atoms with van der Waals surface area (Å²) in [5.74, 6) is 0.402. The van der Waals surface area contributed by atoms with E-state index in [2.05, 4.69) is 35.5 Å². The molecule has 9 nitrogen and oxygen atoms in total. The molecule has 0 amide bonds. The number of aromatic nitrogens is 5. The number of rotatable bonds is 4. The van der Waals surface area contributed by atoms with E-state index in [1.54, 1.807) is 26.1 Å². The summed E-state index contributed by atoms with van der Waals surface area (Å²) in [5, 5.41) is 24.0. The van der Waals surface area contributed by atoms with Gasteiger partial charge in [-0.2, -0.15) is 14.9 Å². The molecule has 0 radical (unpaired) electrons. The molecule has 10 heteroatoms. The summed E-state index contributed by atoms with van der Waals surface area (Å²) < 4.78 is 6.00. The fourth-order valence-electron chi connectivity index (χ4n) is 2.01. The van der Waals surface area contributed by atoms with Gasteiger partial charge in [0.05, 0.1) is 17.6 Å². The summed E-state index contributed by atoms with van der Waals surface area (Å²) in [6.07, 6.45) is 1.57. The van der Waals surface area contributed by atoms with Gasteiger partial charge in [-0.05, 0) is 30.2 Å². The topological polar surface area (TPSA) is 120 Å². The van der Waals surface area contributed by atoms with E-state index >= 15 is 0 Å². The van der Waals surface area contributed by atoms with Gasteiger partial charge >= 0.3 is 0 Å². The van der Waals surface area contributed by atoms with Crippen molar-refractivity contribution in [3.63, 3.8) is 0 Å². The molecule has 0 fully saturated rings. The summed E-state index contributed by atoms with van der Waals surface area (Å²) in [7, 11) is 0. The molecule has 0 spiro atoms. The summed E-state index contributed by atoms with van der Waals surface area (Å²) in [6.45, 7) is 3.58. The summed E-state index contributed by atoms with van der Waals surface area (Å²) in [4.78, 5) is 0. The van der Waals surface area contributed by atoms with Crippen LogP contribution in [0.5, 0.6) is 0 Å². The van der Waals surface area contributed by atoms with Crippen LogP contribution in [0, 0.1) is 6.92 Å². The van der Waals surface area contributed by atoms with Crippen molar-refractivity contribution in [2.45, 2.75) is 13.8 Å². The third-order valence-corrected chi connectivity index (χ3v) is 3.59. The van der Waals surface area contributed by atoms with E-state index in [0.29, 0.717) is 22.1 Å². The third kappa shape index (κ3) is 3.01. The Hall–Kier alpha value is -3.07. The second-order valence-electron chi connectivity index (χ2n) is 4.86. The van der Waals surface area contributed by atoms with Crippen LogP contribution in [-0.2, 0) is 0 Å². The van der Waals surface area contributed by atoms with E-state index in [0.717, 1.165) is 5.56 Å². The van der Waals surface area contributed by atoms with E-state index < -0.39 is 0 Å². The van der Waals surface area contributed by atoms with Crippen LogP contribution in [0.1, 0.15) is 23.9 Å². The van der Waals surface area contributed by atoms with Crippen molar-refractivity contribution in [2.24, 2.45) is 10.2 Å².